The average Bonchev–Trinajstić information content (AvgIpc) is 3.34. The molecule has 2 saturated heterocycles. The summed E-state index contributed by atoms with van der Waals surface area (Å²) < 4.78 is 5.80. The topological polar surface area (TPSA) is 78.9 Å². The van der Waals surface area contributed by atoms with Gasteiger partial charge in [-0.05, 0) is 57.4 Å². The second kappa shape index (κ2) is 12.4. The summed E-state index contributed by atoms with van der Waals surface area (Å²) in [6, 6.07) is 19.8. The number of rotatable bonds is 7. The number of hydrogen-bond acceptors (Lipinski definition) is 6. The normalized spacial score (nSPS) is 17.6. The Morgan fingerprint density at radius 2 is 1.62 bits per heavy atom. The highest BCUT2D eigenvalue weighted by Gasteiger charge is 2.28. The van der Waals surface area contributed by atoms with Crippen LogP contribution < -0.4 is 4.90 Å². The Balaban J connectivity index is 1.21. The number of ether oxygens (including phenoxy) is 1. The van der Waals surface area contributed by atoms with E-state index < -0.39 is 0 Å². The predicted molar refractivity (Wildman–Crippen MR) is 152 cm³/mol. The van der Waals surface area contributed by atoms with Gasteiger partial charge < -0.3 is 19.4 Å². The fraction of sp³-hybridized carbons (Fsp3) is 0.419. The van der Waals surface area contributed by atoms with Gasteiger partial charge in [0, 0.05) is 50.5 Å². The van der Waals surface area contributed by atoms with Crippen LogP contribution in [0.1, 0.15) is 40.7 Å². The van der Waals surface area contributed by atoms with Crippen LogP contribution in [-0.2, 0) is 9.53 Å². The largest absolute Gasteiger partial charge is 0.376 e. The number of aromatic nitrogens is 2. The van der Waals surface area contributed by atoms with Crippen LogP contribution in [0.4, 0.5) is 5.82 Å². The highest BCUT2D eigenvalue weighted by atomic mass is 16.5. The summed E-state index contributed by atoms with van der Waals surface area (Å²) >= 11 is 0. The number of carbonyl (C=O) groups excluding carboxylic acids is 2. The first-order valence-electron chi connectivity index (χ1n) is 13.9. The van der Waals surface area contributed by atoms with Gasteiger partial charge in [-0.25, -0.2) is 0 Å². The molecule has 1 atom stereocenters. The first-order valence-corrected chi connectivity index (χ1v) is 13.9. The number of benzene rings is 2. The molecule has 2 fully saturated rings. The third-order valence-corrected chi connectivity index (χ3v) is 7.53. The molecule has 39 heavy (non-hydrogen) atoms. The molecule has 0 radical (unpaired) electrons. The molecule has 3 heterocycles. The molecule has 2 aliphatic heterocycles. The zero-order chi connectivity index (χ0) is 27.2. The van der Waals surface area contributed by atoms with Gasteiger partial charge in [-0.2, -0.15) is 0 Å². The molecule has 1 unspecified atom stereocenters. The SMILES string of the molecule is Cc1ccc(C(=O)N(CC(=O)N2CCCN(c3ccc(-c4ccc(C)cc4)nn3)CC2)CC2CCCO2)cc1. The molecule has 8 nitrogen and oxygen atoms in total. The fourth-order valence-corrected chi connectivity index (χ4v) is 5.16. The van der Waals surface area contributed by atoms with E-state index in [2.05, 4.69) is 46.3 Å². The minimum absolute atomic E-state index is 0.0201. The molecule has 0 bridgehead atoms. The number of hydrogen-bond donors (Lipinski definition) is 0. The van der Waals surface area contributed by atoms with Crippen molar-refractivity contribution >= 4 is 17.6 Å². The minimum Gasteiger partial charge on any atom is -0.376 e. The monoisotopic (exact) mass is 527 g/mol. The smallest absolute Gasteiger partial charge is 0.254 e. The van der Waals surface area contributed by atoms with Crippen molar-refractivity contribution in [3.05, 3.63) is 77.4 Å². The first kappa shape index (κ1) is 26.8. The number of carbonyl (C=O) groups is 2. The molecule has 5 rings (SSSR count). The lowest BCUT2D eigenvalue weighted by Crippen LogP contribution is -2.46. The Hall–Kier alpha value is -3.78. The van der Waals surface area contributed by atoms with Crippen molar-refractivity contribution in [2.45, 2.75) is 39.2 Å². The van der Waals surface area contributed by atoms with Crippen molar-refractivity contribution in [3.63, 3.8) is 0 Å². The molecule has 1 aromatic heterocycles. The van der Waals surface area contributed by atoms with Crippen LogP contribution in [0.5, 0.6) is 0 Å². The summed E-state index contributed by atoms with van der Waals surface area (Å²) in [5, 5.41) is 8.94. The Labute approximate surface area is 230 Å². The van der Waals surface area contributed by atoms with Gasteiger partial charge in [0.25, 0.3) is 5.91 Å². The molecule has 2 amide bonds. The number of amides is 2. The molecule has 2 aliphatic rings. The van der Waals surface area contributed by atoms with E-state index in [9.17, 15) is 9.59 Å². The molecule has 0 saturated carbocycles. The minimum atomic E-state index is -0.126. The van der Waals surface area contributed by atoms with Gasteiger partial charge in [-0.3, -0.25) is 9.59 Å². The molecule has 0 N–H and O–H groups in total. The van der Waals surface area contributed by atoms with E-state index in [1.54, 1.807) is 4.90 Å². The van der Waals surface area contributed by atoms with Gasteiger partial charge in [-0.15, -0.1) is 10.2 Å². The van der Waals surface area contributed by atoms with Crippen LogP contribution >= 0.6 is 0 Å². The zero-order valence-electron chi connectivity index (χ0n) is 22.9. The second-order valence-corrected chi connectivity index (χ2v) is 10.6. The maximum atomic E-state index is 13.4. The molecule has 0 spiro atoms. The second-order valence-electron chi connectivity index (χ2n) is 10.6. The number of aryl methyl sites for hydroxylation is 2. The van der Waals surface area contributed by atoms with E-state index in [1.165, 1.54) is 5.56 Å². The quantitative estimate of drug-likeness (QED) is 0.460. The lowest BCUT2D eigenvalue weighted by atomic mass is 10.1. The molecule has 8 heteroatoms. The van der Waals surface area contributed by atoms with Gasteiger partial charge in [0.05, 0.1) is 11.8 Å². The molecular formula is C31H37N5O3. The third kappa shape index (κ3) is 6.81. The summed E-state index contributed by atoms with van der Waals surface area (Å²) in [7, 11) is 0. The molecule has 2 aromatic carbocycles. The van der Waals surface area contributed by atoms with E-state index in [4.69, 9.17) is 4.74 Å². The Morgan fingerprint density at radius 3 is 2.28 bits per heavy atom. The zero-order valence-corrected chi connectivity index (χ0v) is 22.9. The van der Waals surface area contributed by atoms with Crippen molar-refractivity contribution in [3.8, 4) is 11.3 Å². The van der Waals surface area contributed by atoms with Crippen molar-refractivity contribution in [1.29, 1.82) is 0 Å². The summed E-state index contributed by atoms with van der Waals surface area (Å²) in [4.78, 5) is 32.6. The standard InChI is InChI=1S/C31H37N5O3/c1-23-6-10-25(11-7-23)28-14-15-29(33-32-28)34-16-4-17-35(19-18-34)30(37)22-36(21-27-5-3-20-39-27)31(38)26-12-8-24(2)9-13-26/h6-15,27H,3-5,16-22H2,1-2H3. The van der Waals surface area contributed by atoms with Gasteiger partial charge in [-0.1, -0.05) is 47.5 Å². The maximum absolute atomic E-state index is 13.4. The summed E-state index contributed by atoms with van der Waals surface area (Å²) in [5.74, 6) is 0.657. The fourth-order valence-electron chi connectivity index (χ4n) is 5.16. The van der Waals surface area contributed by atoms with Crippen LogP contribution in [0.3, 0.4) is 0 Å². The molecule has 204 valence electrons. The van der Waals surface area contributed by atoms with Crippen molar-refractivity contribution in [1.82, 2.24) is 20.0 Å². The molecule has 0 aliphatic carbocycles. The van der Waals surface area contributed by atoms with E-state index in [0.717, 1.165) is 48.4 Å². The maximum Gasteiger partial charge on any atom is 0.254 e. The van der Waals surface area contributed by atoms with Gasteiger partial charge in [0.1, 0.15) is 6.54 Å². The lowest BCUT2D eigenvalue weighted by molar-refractivity contribution is -0.132. The Kier molecular flexibility index (Phi) is 8.51. The third-order valence-electron chi connectivity index (χ3n) is 7.53. The Morgan fingerprint density at radius 1 is 0.872 bits per heavy atom. The number of nitrogens with zero attached hydrogens (tertiary/aromatic N) is 5. The van der Waals surface area contributed by atoms with Crippen molar-refractivity contribution in [2.75, 3.05) is 50.8 Å². The van der Waals surface area contributed by atoms with Gasteiger partial charge in [0.2, 0.25) is 5.91 Å². The van der Waals surface area contributed by atoms with Crippen LogP contribution in [0.2, 0.25) is 0 Å². The van der Waals surface area contributed by atoms with E-state index in [0.29, 0.717) is 38.3 Å². The van der Waals surface area contributed by atoms with Crippen molar-refractivity contribution < 1.29 is 14.3 Å². The summed E-state index contributed by atoms with van der Waals surface area (Å²) in [6.45, 7) is 7.95. The van der Waals surface area contributed by atoms with Crippen LogP contribution in [0.15, 0.2) is 60.7 Å². The van der Waals surface area contributed by atoms with Gasteiger partial charge >= 0.3 is 0 Å². The summed E-state index contributed by atoms with van der Waals surface area (Å²) in [6.07, 6.45) is 2.70. The molecular weight excluding hydrogens is 490 g/mol. The van der Waals surface area contributed by atoms with E-state index in [-0.39, 0.29) is 24.5 Å². The molecule has 3 aromatic rings. The lowest BCUT2D eigenvalue weighted by Gasteiger charge is -2.28. The highest BCUT2D eigenvalue weighted by Crippen LogP contribution is 2.21. The van der Waals surface area contributed by atoms with Gasteiger partial charge in [0.15, 0.2) is 5.82 Å². The highest BCUT2D eigenvalue weighted by molar-refractivity contribution is 5.96. The Bertz CT molecular complexity index is 1250. The van der Waals surface area contributed by atoms with Crippen LogP contribution in [0, 0.1) is 13.8 Å². The van der Waals surface area contributed by atoms with Crippen LogP contribution in [0.25, 0.3) is 11.3 Å². The van der Waals surface area contributed by atoms with Crippen LogP contribution in [-0.4, -0.2) is 83.8 Å². The first-order chi connectivity index (χ1) is 19.0. The summed E-state index contributed by atoms with van der Waals surface area (Å²) in [5.41, 5.74) is 4.79. The van der Waals surface area contributed by atoms with E-state index in [1.807, 2.05) is 48.2 Å². The average molecular weight is 528 g/mol. The van der Waals surface area contributed by atoms with E-state index >= 15 is 0 Å². The predicted octanol–water partition coefficient (Wildman–Crippen LogP) is 4.12. The van der Waals surface area contributed by atoms with Crippen molar-refractivity contribution in [2.24, 2.45) is 0 Å². The number of anilines is 1.